The van der Waals surface area contributed by atoms with Gasteiger partial charge in [-0.15, -0.1) is 0 Å². The van der Waals surface area contributed by atoms with Crippen molar-refractivity contribution in [3.05, 3.63) is 50.4 Å². The molecule has 1 amide bonds. The number of amides is 1. The van der Waals surface area contributed by atoms with Crippen molar-refractivity contribution in [3.63, 3.8) is 0 Å². The maximum Gasteiger partial charge on any atom is 0.240 e. The second kappa shape index (κ2) is 10.4. The van der Waals surface area contributed by atoms with Crippen LogP contribution < -0.4 is 14.9 Å². The van der Waals surface area contributed by atoms with Crippen LogP contribution in [0.15, 0.2) is 39.9 Å². The fourth-order valence-electron chi connectivity index (χ4n) is 2.07. The minimum absolute atomic E-state index is 0.000485. The number of carbonyl (C=O) groups excluding carboxylic acids is 1. The second-order valence-corrected chi connectivity index (χ2v) is 7.07. The normalized spacial score (nSPS) is 10.8. The SMILES string of the molecule is COc1cc(C=NNC(=O)CCCOc2ccc(Cl)cc2Cl)cc(Br)c1O. The van der Waals surface area contributed by atoms with E-state index in [1.165, 1.54) is 13.3 Å². The monoisotopic (exact) mass is 474 g/mol. The second-order valence-electron chi connectivity index (χ2n) is 5.37. The number of hydrazone groups is 1. The molecule has 0 aliphatic rings. The van der Waals surface area contributed by atoms with Crippen LogP contribution in [0.2, 0.25) is 10.0 Å². The van der Waals surface area contributed by atoms with Gasteiger partial charge in [0, 0.05) is 11.4 Å². The molecule has 0 spiro atoms. The van der Waals surface area contributed by atoms with Gasteiger partial charge in [0.25, 0.3) is 0 Å². The minimum atomic E-state index is -0.248. The van der Waals surface area contributed by atoms with Gasteiger partial charge >= 0.3 is 0 Å². The zero-order valence-corrected chi connectivity index (χ0v) is 17.4. The lowest BCUT2D eigenvalue weighted by Gasteiger charge is -2.08. The predicted octanol–water partition coefficient (Wildman–Crippen LogP) is 4.78. The Morgan fingerprint density at radius 1 is 1.30 bits per heavy atom. The molecule has 2 aromatic rings. The van der Waals surface area contributed by atoms with Gasteiger partial charge in [-0.05, 0) is 58.2 Å². The number of phenolic OH excluding ortho intramolecular Hbond substituents is 1. The Morgan fingerprint density at radius 3 is 2.78 bits per heavy atom. The number of aromatic hydroxyl groups is 1. The van der Waals surface area contributed by atoms with Crippen molar-refractivity contribution in [2.75, 3.05) is 13.7 Å². The van der Waals surface area contributed by atoms with Crippen LogP contribution in [0.4, 0.5) is 0 Å². The molecule has 27 heavy (non-hydrogen) atoms. The summed E-state index contributed by atoms with van der Waals surface area (Å²) in [6.07, 6.45) is 2.19. The summed E-state index contributed by atoms with van der Waals surface area (Å²) >= 11 is 15.0. The molecule has 0 saturated heterocycles. The van der Waals surface area contributed by atoms with Crippen LogP contribution in [0.3, 0.4) is 0 Å². The lowest BCUT2D eigenvalue weighted by Crippen LogP contribution is -2.18. The minimum Gasteiger partial charge on any atom is -0.503 e. The number of nitrogens with one attached hydrogen (secondary N) is 1. The molecule has 0 saturated carbocycles. The highest BCUT2D eigenvalue weighted by Gasteiger charge is 2.08. The fraction of sp³-hybridized carbons (Fsp3) is 0.222. The fourth-order valence-corrected chi connectivity index (χ4v) is 2.99. The maximum atomic E-state index is 11.8. The third-order valence-corrected chi connectivity index (χ3v) is 4.51. The van der Waals surface area contributed by atoms with Gasteiger partial charge in [-0.3, -0.25) is 4.79 Å². The molecule has 0 bridgehead atoms. The first-order chi connectivity index (χ1) is 12.9. The average Bonchev–Trinajstić information content (AvgIpc) is 2.63. The van der Waals surface area contributed by atoms with Crippen molar-refractivity contribution >= 4 is 51.3 Å². The smallest absolute Gasteiger partial charge is 0.240 e. The number of benzene rings is 2. The predicted molar refractivity (Wildman–Crippen MR) is 109 cm³/mol. The highest BCUT2D eigenvalue weighted by molar-refractivity contribution is 9.10. The summed E-state index contributed by atoms with van der Waals surface area (Å²) in [5.74, 6) is 0.572. The van der Waals surface area contributed by atoms with Crippen LogP contribution in [0.25, 0.3) is 0 Å². The number of rotatable bonds is 8. The van der Waals surface area contributed by atoms with Crippen LogP contribution in [0.1, 0.15) is 18.4 Å². The van der Waals surface area contributed by atoms with Crippen molar-refractivity contribution in [3.8, 4) is 17.2 Å². The van der Waals surface area contributed by atoms with Crippen LogP contribution >= 0.6 is 39.1 Å². The van der Waals surface area contributed by atoms with E-state index < -0.39 is 0 Å². The van der Waals surface area contributed by atoms with Gasteiger partial charge in [-0.2, -0.15) is 5.10 Å². The lowest BCUT2D eigenvalue weighted by molar-refractivity contribution is -0.121. The third kappa shape index (κ3) is 6.61. The molecule has 0 unspecified atom stereocenters. The Labute approximate surface area is 175 Å². The number of methoxy groups -OCH3 is 1. The van der Waals surface area contributed by atoms with E-state index >= 15 is 0 Å². The highest BCUT2D eigenvalue weighted by atomic mass is 79.9. The van der Waals surface area contributed by atoms with E-state index in [-0.39, 0.29) is 18.1 Å². The Balaban J connectivity index is 1.76. The molecule has 2 N–H and O–H groups in total. The molecule has 0 atom stereocenters. The number of ether oxygens (including phenoxy) is 2. The van der Waals surface area contributed by atoms with Crippen molar-refractivity contribution in [1.29, 1.82) is 0 Å². The number of hydrogen-bond donors (Lipinski definition) is 2. The number of halogens is 3. The first-order valence-corrected chi connectivity index (χ1v) is 9.42. The zero-order chi connectivity index (χ0) is 19.8. The van der Waals surface area contributed by atoms with Crippen molar-refractivity contribution in [2.24, 2.45) is 5.10 Å². The quantitative estimate of drug-likeness (QED) is 0.327. The lowest BCUT2D eigenvalue weighted by atomic mass is 10.2. The average molecular weight is 476 g/mol. The molecule has 0 aliphatic carbocycles. The molecule has 144 valence electrons. The number of hydrogen-bond acceptors (Lipinski definition) is 5. The first kappa shape index (κ1) is 21.3. The molecule has 0 aromatic heterocycles. The zero-order valence-electron chi connectivity index (χ0n) is 14.3. The summed E-state index contributed by atoms with van der Waals surface area (Å²) in [6, 6.07) is 8.20. The van der Waals surface area contributed by atoms with Gasteiger partial charge in [0.1, 0.15) is 5.75 Å². The molecule has 6 nitrogen and oxygen atoms in total. The van der Waals surface area contributed by atoms with Crippen LogP contribution in [0, 0.1) is 0 Å². The van der Waals surface area contributed by atoms with E-state index in [1.54, 1.807) is 30.3 Å². The highest BCUT2D eigenvalue weighted by Crippen LogP contribution is 2.34. The molecule has 2 aromatic carbocycles. The molecule has 2 rings (SSSR count). The molecule has 0 fully saturated rings. The van der Waals surface area contributed by atoms with Crippen LogP contribution in [-0.4, -0.2) is 30.9 Å². The standard InChI is InChI=1S/C18H17BrCl2N2O4/c1-26-16-8-11(7-13(19)18(16)25)10-22-23-17(24)3-2-6-27-15-5-4-12(20)9-14(15)21/h4-5,7-10,25H,2-3,6H2,1H3,(H,23,24). The summed E-state index contributed by atoms with van der Waals surface area (Å²) in [7, 11) is 1.45. The van der Waals surface area contributed by atoms with Crippen molar-refractivity contribution in [2.45, 2.75) is 12.8 Å². The van der Waals surface area contributed by atoms with Gasteiger partial charge in [0.2, 0.25) is 5.91 Å². The topological polar surface area (TPSA) is 80.2 Å². The van der Waals surface area contributed by atoms with E-state index in [4.69, 9.17) is 32.7 Å². The van der Waals surface area contributed by atoms with E-state index in [1.807, 2.05) is 0 Å². The largest absolute Gasteiger partial charge is 0.503 e. The summed E-state index contributed by atoms with van der Waals surface area (Å²) in [5, 5.41) is 14.6. The van der Waals surface area contributed by atoms with Crippen LogP contribution in [0.5, 0.6) is 17.2 Å². The van der Waals surface area contributed by atoms with Gasteiger partial charge in [0.15, 0.2) is 11.5 Å². The van der Waals surface area contributed by atoms with Crippen molar-refractivity contribution < 1.29 is 19.4 Å². The molecule has 0 radical (unpaired) electrons. The van der Waals surface area contributed by atoms with E-state index in [2.05, 4.69) is 26.5 Å². The van der Waals surface area contributed by atoms with E-state index in [0.717, 1.165) is 0 Å². The molecular weight excluding hydrogens is 459 g/mol. The number of phenols is 1. The molecule has 0 aliphatic heterocycles. The summed E-state index contributed by atoms with van der Waals surface area (Å²) < 4.78 is 11.0. The van der Waals surface area contributed by atoms with Gasteiger partial charge in [-0.1, -0.05) is 23.2 Å². The number of carbonyl (C=O) groups is 1. The molecule has 9 heteroatoms. The first-order valence-electron chi connectivity index (χ1n) is 7.87. The molecular formula is C18H17BrCl2N2O4. The summed E-state index contributed by atoms with van der Waals surface area (Å²) in [5.41, 5.74) is 3.08. The summed E-state index contributed by atoms with van der Waals surface area (Å²) in [4.78, 5) is 11.8. The van der Waals surface area contributed by atoms with E-state index in [9.17, 15) is 9.90 Å². The van der Waals surface area contributed by atoms with E-state index in [0.29, 0.717) is 44.6 Å². The third-order valence-electron chi connectivity index (χ3n) is 3.37. The molecule has 0 heterocycles. The maximum absolute atomic E-state index is 11.8. The Morgan fingerprint density at radius 2 is 2.07 bits per heavy atom. The van der Waals surface area contributed by atoms with Gasteiger partial charge in [0.05, 0.1) is 29.4 Å². The van der Waals surface area contributed by atoms with Crippen LogP contribution in [-0.2, 0) is 4.79 Å². The Hall–Kier alpha value is -1.96. The Bertz CT molecular complexity index is 846. The van der Waals surface area contributed by atoms with Gasteiger partial charge in [-0.25, -0.2) is 5.43 Å². The summed E-state index contributed by atoms with van der Waals surface area (Å²) in [6.45, 7) is 0.334. The Kier molecular flexibility index (Phi) is 8.22. The number of nitrogens with zero attached hydrogens (tertiary/aromatic N) is 1. The van der Waals surface area contributed by atoms with Gasteiger partial charge < -0.3 is 14.6 Å². The van der Waals surface area contributed by atoms with Crippen molar-refractivity contribution in [1.82, 2.24) is 5.43 Å².